The minimum absolute atomic E-state index is 0.158. The lowest BCUT2D eigenvalue weighted by Crippen LogP contribution is -2.38. The summed E-state index contributed by atoms with van der Waals surface area (Å²) in [6, 6.07) is 10.8. The van der Waals surface area contributed by atoms with Crippen LogP contribution < -0.4 is 5.32 Å². The summed E-state index contributed by atoms with van der Waals surface area (Å²) in [7, 11) is 0. The maximum atomic E-state index is 12.1. The van der Waals surface area contributed by atoms with E-state index in [-0.39, 0.29) is 16.4 Å². The molecular weight excluding hydrogens is 332 g/mol. The summed E-state index contributed by atoms with van der Waals surface area (Å²) in [5, 5.41) is 34.1. The monoisotopic (exact) mass is 346 g/mol. The summed E-state index contributed by atoms with van der Waals surface area (Å²) >= 11 is 0. The van der Waals surface area contributed by atoms with Crippen molar-refractivity contribution in [2.24, 2.45) is 0 Å². The van der Waals surface area contributed by atoms with Crippen LogP contribution in [-0.4, -0.2) is 32.7 Å². The van der Waals surface area contributed by atoms with Gasteiger partial charge in [-0.05, 0) is 17.7 Å². The number of urea groups is 1. The van der Waals surface area contributed by atoms with E-state index in [2.05, 4.69) is 5.32 Å². The molecule has 1 atom stereocenters. The number of anilines is 1. The van der Waals surface area contributed by atoms with Crippen molar-refractivity contribution in [3.8, 4) is 0 Å². The van der Waals surface area contributed by atoms with E-state index in [0.29, 0.717) is 5.56 Å². The Morgan fingerprint density at radius 1 is 1.08 bits per heavy atom. The summed E-state index contributed by atoms with van der Waals surface area (Å²) in [5.41, 5.74) is 0.428. The van der Waals surface area contributed by atoms with E-state index in [1.807, 2.05) is 0 Å². The van der Waals surface area contributed by atoms with Crippen LogP contribution in [0.4, 0.5) is 16.2 Å². The molecule has 2 N–H and O–H groups in total. The smallest absolute Gasteiger partial charge is 0.306 e. The minimum atomic E-state index is -1.19. The average Bonchev–Trinajstić information content (AvgIpc) is 2.60. The van der Waals surface area contributed by atoms with Gasteiger partial charge in [0, 0.05) is 22.7 Å². The highest BCUT2D eigenvalue weighted by Crippen LogP contribution is 2.21. The predicted molar refractivity (Wildman–Crippen MR) is 86.8 cm³/mol. The molecule has 0 saturated heterocycles. The maximum absolute atomic E-state index is 12.1. The number of hydrogen-bond acceptors (Lipinski definition) is 6. The van der Waals surface area contributed by atoms with Crippen molar-refractivity contribution in [3.05, 3.63) is 80.4 Å². The first-order chi connectivity index (χ1) is 11.9. The number of nitrogens with zero attached hydrogens (tertiary/aromatic N) is 3. The molecule has 0 aliphatic rings. The van der Waals surface area contributed by atoms with Crippen LogP contribution in [0.15, 0.2) is 54.6 Å². The number of hydrogen-bond donors (Lipinski definition) is 2. The van der Waals surface area contributed by atoms with Gasteiger partial charge < -0.3 is 5.32 Å². The molecule has 2 aromatic rings. The normalized spacial score (nSPS) is 11.4. The first-order valence-corrected chi connectivity index (χ1v) is 7.09. The van der Waals surface area contributed by atoms with E-state index in [0.717, 1.165) is 0 Å². The average molecular weight is 346 g/mol. The van der Waals surface area contributed by atoms with Crippen LogP contribution in [-0.2, 0) is 0 Å². The van der Waals surface area contributed by atoms with Crippen molar-refractivity contribution in [3.63, 3.8) is 0 Å². The van der Waals surface area contributed by atoms with Crippen LogP contribution in [0.1, 0.15) is 11.6 Å². The Balaban J connectivity index is 2.14. The molecule has 0 fully saturated rings. The number of nitro benzene ring substituents is 1. The van der Waals surface area contributed by atoms with Crippen molar-refractivity contribution >= 4 is 17.4 Å². The first-order valence-electron chi connectivity index (χ1n) is 7.09. The van der Waals surface area contributed by atoms with Gasteiger partial charge in [0.1, 0.15) is 0 Å². The number of carbonyl (C=O) groups is 1. The lowest BCUT2D eigenvalue weighted by atomic mass is 10.1. The molecule has 0 saturated carbocycles. The van der Waals surface area contributed by atoms with Gasteiger partial charge in [0.15, 0.2) is 6.04 Å². The summed E-state index contributed by atoms with van der Waals surface area (Å²) in [6.07, 6.45) is 0. The summed E-state index contributed by atoms with van der Waals surface area (Å²) in [4.78, 5) is 32.3. The Morgan fingerprint density at radius 2 is 1.68 bits per heavy atom. The van der Waals surface area contributed by atoms with Crippen molar-refractivity contribution in [1.29, 1.82) is 0 Å². The summed E-state index contributed by atoms with van der Waals surface area (Å²) in [5.74, 6) is 0. The molecule has 0 radical (unpaired) electrons. The molecule has 1 unspecified atom stereocenters. The Labute approximate surface area is 141 Å². The molecule has 0 aliphatic heterocycles. The van der Waals surface area contributed by atoms with Crippen molar-refractivity contribution in [2.45, 2.75) is 6.04 Å². The number of nitro groups is 2. The molecular formula is C15H14N4O6. The molecule has 0 heterocycles. The van der Waals surface area contributed by atoms with Gasteiger partial charge in [-0.3, -0.25) is 25.4 Å². The molecule has 0 spiro atoms. The van der Waals surface area contributed by atoms with Crippen LogP contribution >= 0.6 is 0 Å². The fraction of sp³-hybridized carbons (Fsp3) is 0.133. The Kier molecular flexibility index (Phi) is 5.58. The van der Waals surface area contributed by atoms with E-state index in [1.54, 1.807) is 30.3 Å². The molecule has 0 aromatic heterocycles. The third kappa shape index (κ3) is 4.72. The van der Waals surface area contributed by atoms with E-state index in [1.165, 1.54) is 24.3 Å². The van der Waals surface area contributed by atoms with Gasteiger partial charge in [0.2, 0.25) is 6.54 Å². The number of hydroxylamine groups is 2. The minimum Gasteiger partial charge on any atom is -0.306 e. The number of carbonyl (C=O) groups excluding carboxylic acids is 1. The van der Waals surface area contributed by atoms with E-state index < -0.39 is 28.5 Å². The van der Waals surface area contributed by atoms with Crippen LogP contribution in [0.5, 0.6) is 0 Å². The second-order valence-corrected chi connectivity index (χ2v) is 5.02. The van der Waals surface area contributed by atoms with Gasteiger partial charge in [-0.25, -0.2) is 4.79 Å². The standard InChI is InChI=1S/C15H14N4O6/c20-15(16-12-6-8-13(9-7-12)19(24)25)18(23)14(10-17(21)22)11-4-2-1-3-5-11/h1-9,14,23H,10H2,(H,16,20). The highest BCUT2D eigenvalue weighted by Gasteiger charge is 2.28. The van der Waals surface area contributed by atoms with Crippen LogP contribution in [0.2, 0.25) is 0 Å². The van der Waals surface area contributed by atoms with Gasteiger partial charge in [-0.1, -0.05) is 30.3 Å². The lowest BCUT2D eigenvalue weighted by Gasteiger charge is -2.23. The fourth-order valence-corrected chi connectivity index (χ4v) is 2.13. The molecule has 0 bridgehead atoms. The second-order valence-electron chi connectivity index (χ2n) is 5.02. The van der Waals surface area contributed by atoms with Gasteiger partial charge >= 0.3 is 6.03 Å². The molecule has 10 nitrogen and oxygen atoms in total. The number of rotatable bonds is 6. The quantitative estimate of drug-likeness (QED) is 0.468. The molecule has 2 rings (SSSR count). The number of nitrogens with one attached hydrogen (secondary N) is 1. The van der Waals surface area contributed by atoms with Crippen molar-refractivity contribution in [2.75, 3.05) is 11.9 Å². The number of non-ortho nitro benzene ring substituents is 1. The third-order valence-corrected chi connectivity index (χ3v) is 3.34. The van der Waals surface area contributed by atoms with E-state index in [4.69, 9.17) is 0 Å². The second kappa shape index (κ2) is 7.84. The Hall–Kier alpha value is -3.53. The van der Waals surface area contributed by atoms with E-state index >= 15 is 0 Å². The Bertz CT molecular complexity index is 765. The highest BCUT2D eigenvalue weighted by atomic mass is 16.6. The Morgan fingerprint density at radius 3 is 2.20 bits per heavy atom. The van der Waals surface area contributed by atoms with E-state index in [9.17, 15) is 30.2 Å². The molecule has 0 aliphatic carbocycles. The zero-order valence-corrected chi connectivity index (χ0v) is 12.8. The largest absolute Gasteiger partial charge is 0.346 e. The highest BCUT2D eigenvalue weighted by molar-refractivity contribution is 5.88. The number of amides is 2. The predicted octanol–water partition coefficient (Wildman–Crippen LogP) is 2.84. The zero-order valence-electron chi connectivity index (χ0n) is 12.8. The van der Waals surface area contributed by atoms with Crippen molar-refractivity contribution < 1.29 is 19.8 Å². The summed E-state index contributed by atoms with van der Waals surface area (Å²) in [6.45, 7) is -0.686. The first kappa shape index (κ1) is 17.8. The third-order valence-electron chi connectivity index (χ3n) is 3.34. The van der Waals surface area contributed by atoms with Crippen LogP contribution in [0, 0.1) is 20.2 Å². The maximum Gasteiger partial charge on any atom is 0.346 e. The molecule has 25 heavy (non-hydrogen) atoms. The molecule has 10 heteroatoms. The van der Waals surface area contributed by atoms with Crippen molar-refractivity contribution in [1.82, 2.24) is 5.06 Å². The van der Waals surface area contributed by atoms with Crippen LogP contribution in [0.3, 0.4) is 0 Å². The molecule has 2 aromatic carbocycles. The van der Waals surface area contributed by atoms with Crippen LogP contribution in [0.25, 0.3) is 0 Å². The SMILES string of the molecule is O=C(Nc1ccc([N+](=O)[O-])cc1)N(O)C(C[N+](=O)[O-])c1ccccc1. The van der Waals surface area contributed by atoms with Gasteiger partial charge in [0.25, 0.3) is 5.69 Å². The van der Waals surface area contributed by atoms with Gasteiger partial charge in [-0.15, -0.1) is 0 Å². The van der Waals surface area contributed by atoms with Gasteiger partial charge in [-0.2, -0.15) is 5.06 Å². The number of benzene rings is 2. The molecule has 2 amide bonds. The topological polar surface area (TPSA) is 139 Å². The lowest BCUT2D eigenvalue weighted by molar-refractivity contribution is -0.490. The molecule has 130 valence electrons. The fourth-order valence-electron chi connectivity index (χ4n) is 2.13. The summed E-state index contributed by atoms with van der Waals surface area (Å²) < 4.78 is 0. The zero-order chi connectivity index (χ0) is 18.4. The van der Waals surface area contributed by atoms with Gasteiger partial charge in [0.05, 0.1) is 4.92 Å².